The highest BCUT2D eigenvalue weighted by Crippen LogP contribution is 2.29. The fraction of sp³-hybridized carbons (Fsp3) is 0.480. The average Bonchev–Trinajstić information content (AvgIpc) is 2.78. The third-order valence-electron chi connectivity index (χ3n) is 5.66. The topological polar surface area (TPSA) is 129 Å². The third kappa shape index (κ3) is 7.34. The molecule has 0 bridgehead atoms. The molecule has 184 valence electrons. The first-order chi connectivity index (χ1) is 16.3. The number of fused-ring (bicyclic) bond motifs is 1. The number of amides is 1. The number of esters is 1. The fourth-order valence-corrected chi connectivity index (χ4v) is 3.91. The van der Waals surface area contributed by atoms with Gasteiger partial charge in [0.25, 0.3) is 5.91 Å². The number of benzene rings is 1. The normalized spacial score (nSPS) is 25.1. The number of carbonyl (C=O) groups is 2. The van der Waals surface area contributed by atoms with E-state index in [1.807, 2.05) is 0 Å². The number of hydrogen-bond donors (Lipinski definition) is 3. The van der Waals surface area contributed by atoms with Gasteiger partial charge in [0.2, 0.25) is 0 Å². The molecule has 3 rings (SSSR count). The lowest BCUT2D eigenvalue weighted by atomic mass is 9.99. The molecule has 1 aromatic carbocycles. The smallest absolute Gasteiger partial charge is 0.342 e. The number of phenolic OH excluding ortho intramolecular Hbond substituents is 2. The van der Waals surface area contributed by atoms with Crippen LogP contribution >= 0.6 is 0 Å². The van der Waals surface area contributed by atoms with Crippen molar-refractivity contribution in [3.63, 3.8) is 0 Å². The van der Waals surface area contributed by atoms with E-state index in [9.17, 15) is 24.9 Å². The van der Waals surface area contributed by atoms with Crippen LogP contribution in [0.5, 0.6) is 11.5 Å². The maximum absolute atomic E-state index is 12.8. The largest absolute Gasteiger partial charge is 0.508 e. The first kappa shape index (κ1) is 25.3. The van der Waals surface area contributed by atoms with Crippen LogP contribution in [-0.4, -0.2) is 69.7 Å². The van der Waals surface area contributed by atoms with E-state index in [1.54, 1.807) is 36.1 Å². The number of aromatic hydroxyl groups is 2. The Balaban J connectivity index is 1.86. The van der Waals surface area contributed by atoms with Gasteiger partial charge in [-0.3, -0.25) is 4.79 Å². The summed E-state index contributed by atoms with van der Waals surface area (Å²) >= 11 is 0. The van der Waals surface area contributed by atoms with Crippen LogP contribution in [0, 0.1) is 0 Å². The molecule has 9 nitrogen and oxygen atoms in total. The highest BCUT2D eigenvalue weighted by Gasteiger charge is 2.22. The Bertz CT molecular complexity index is 964. The molecule has 1 amide bonds. The van der Waals surface area contributed by atoms with E-state index >= 15 is 0 Å². The molecule has 0 aliphatic carbocycles. The Morgan fingerprint density at radius 2 is 1.94 bits per heavy atom. The molecule has 0 spiro atoms. The third-order valence-corrected chi connectivity index (χ3v) is 5.66. The van der Waals surface area contributed by atoms with Gasteiger partial charge in [0.15, 0.2) is 6.61 Å². The van der Waals surface area contributed by atoms with Crippen LogP contribution in [0.4, 0.5) is 0 Å². The highest BCUT2D eigenvalue weighted by molar-refractivity contribution is 6.00. The Morgan fingerprint density at radius 3 is 2.71 bits per heavy atom. The quantitative estimate of drug-likeness (QED) is 0.350. The van der Waals surface area contributed by atoms with Crippen molar-refractivity contribution in [1.29, 1.82) is 0 Å². The Labute approximate surface area is 199 Å². The molecular weight excluding hydrogens is 440 g/mol. The number of piperidine rings is 1. The molecule has 2 aliphatic heterocycles. The Hall–Kier alpha value is -3.33. The molecule has 9 heteroatoms. The number of rotatable bonds is 3. The summed E-state index contributed by atoms with van der Waals surface area (Å²) in [5.74, 6) is -1.52. The molecule has 0 radical (unpaired) electrons. The minimum absolute atomic E-state index is 0.0150. The molecule has 0 aromatic heterocycles. The van der Waals surface area contributed by atoms with Crippen LogP contribution in [0.3, 0.4) is 0 Å². The predicted molar refractivity (Wildman–Crippen MR) is 126 cm³/mol. The van der Waals surface area contributed by atoms with Crippen molar-refractivity contribution < 1.29 is 34.5 Å². The van der Waals surface area contributed by atoms with E-state index in [4.69, 9.17) is 9.57 Å². The number of likely N-dealkylation sites (tertiary alicyclic amines) is 1. The standard InChI is InChI=1S/C25H32N2O7/c1-17-7-5-9-20(28)10-6-8-19(26-33-16-23(31)27-11-3-2-4-12-27)13-18-14-21(29)15-22(30)24(18)25(32)34-17/h5-6,8-9,14-15,17,20,28-30H,2-4,7,10-13,16H2,1H3/b8-6+,9-5+,26-19-/t17-,20+/m1/s1. The van der Waals surface area contributed by atoms with Crippen LogP contribution < -0.4 is 0 Å². The lowest BCUT2D eigenvalue weighted by molar-refractivity contribution is -0.137. The van der Waals surface area contributed by atoms with Gasteiger partial charge in [0, 0.05) is 32.0 Å². The first-order valence-electron chi connectivity index (χ1n) is 11.6. The van der Waals surface area contributed by atoms with Crippen LogP contribution in [0.25, 0.3) is 0 Å². The molecule has 2 heterocycles. The van der Waals surface area contributed by atoms with Gasteiger partial charge in [0.1, 0.15) is 23.2 Å². The highest BCUT2D eigenvalue weighted by atomic mass is 16.6. The molecule has 34 heavy (non-hydrogen) atoms. The Kier molecular flexibility index (Phi) is 9.09. The zero-order valence-corrected chi connectivity index (χ0v) is 19.4. The van der Waals surface area contributed by atoms with Crippen molar-refractivity contribution in [2.75, 3.05) is 19.7 Å². The molecule has 1 saturated heterocycles. The van der Waals surface area contributed by atoms with Gasteiger partial charge in [-0.2, -0.15) is 0 Å². The maximum atomic E-state index is 12.8. The van der Waals surface area contributed by atoms with E-state index in [1.165, 1.54) is 6.07 Å². The summed E-state index contributed by atoms with van der Waals surface area (Å²) < 4.78 is 5.44. The number of nitrogens with zero attached hydrogens (tertiary/aromatic N) is 2. The van der Waals surface area contributed by atoms with Crippen LogP contribution in [0.1, 0.15) is 54.9 Å². The van der Waals surface area contributed by atoms with E-state index in [-0.39, 0.29) is 35.8 Å². The second-order valence-electron chi connectivity index (χ2n) is 8.56. The number of carbonyl (C=O) groups excluding carboxylic acids is 2. The number of ether oxygens (including phenoxy) is 1. The molecule has 2 aliphatic rings. The monoisotopic (exact) mass is 472 g/mol. The van der Waals surface area contributed by atoms with Gasteiger partial charge in [-0.1, -0.05) is 23.4 Å². The molecular formula is C25H32N2O7. The summed E-state index contributed by atoms with van der Waals surface area (Å²) in [6, 6.07) is 2.43. The Morgan fingerprint density at radius 1 is 1.18 bits per heavy atom. The van der Waals surface area contributed by atoms with Gasteiger partial charge in [0.05, 0.1) is 11.8 Å². The average molecular weight is 473 g/mol. The summed E-state index contributed by atoms with van der Waals surface area (Å²) in [7, 11) is 0. The second kappa shape index (κ2) is 12.2. The number of aliphatic hydroxyl groups is 1. The second-order valence-corrected chi connectivity index (χ2v) is 8.56. The van der Waals surface area contributed by atoms with Crippen molar-refractivity contribution in [2.45, 2.75) is 57.7 Å². The van der Waals surface area contributed by atoms with E-state index in [2.05, 4.69) is 5.16 Å². The molecule has 1 aromatic rings. The van der Waals surface area contributed by atoms with Crippen molar-refractivity contribution in [1.82, 2.24) is 4.90 Å². The first-order valence-corrected chi connectivity index (χ1v) is 11.6. The molecule has 1 fully saturated rings. The zero-order valence-electron chi connectivity index (χ0n) is 19.4. The summed E-state index contributed by atoms with van der Waals surface area (Å²) in [5, 5.41) is 34.6. The lowest BCUT2D eigenvalue weighted by Gasteiger charge is -2.26. The van der Waals surface area contributed by atoms with Gasteiger partial charge in [-0.25, -0.2) is 4.79 Å². The summed E-state index contributed by atoms with van der Waals surface area (Å²) in [5.41, 5.74) is 0.556. The SMILES string of the molecule is C[C@@H]1C/C=C/[C@H](O)C/C=C/C(=N/OCC(=O)N2CCCCC2)Cc2cc(O)cc(O)c2C(=O)O1. The van der Waals surface area contributed by atoms with Gasteiger partial charge in [-0.05, 0) is 50.3 Å². The van der Waals surface area contributed by atoms with Crippen molar-refractivity contribution in [3.8, 4) is 11.5 Å². The predicted octanol–water partition coefficient (Wildman–Crippen LogP) is 2.84. The molecule has 0 saturated carbocycles. The van der Waals surface area contributed by atoms with Gasteiger partial charge >= 0.3 is 5.97 Å². The van der Waals surface area contributed by atoms with Crippen molar-refractivity contribution in [2.24, 2.45) is 5.16 Å². The summed E-state index contributed by atoms with van der Waals surface area (Å²) in [6.07, 6.45) is 9.22. The van der Waals surface area contributed by atoms with Crippen molar-refractivity contribution in [3.05, 3.63) is 47.6 Å². The molecule has 3 N–H and O–H groups in total. The van der Waals surface area contributed by atoms with Crippen LogP contribution in [0.2, 0.25) is 0 Å². The number of hydrogen-bond acceptors (Lipinski definition) is 8. The van der Waals surface area contributed by atoms with Crippen LogP contribution in [0.15, 0.2) is 41.6 Å². The molecule has 0 unspecified atom stereocenters. The molecule has 2 atom stereocenters. The maximum Gasteiger partial charge on any atom is 0.342 e. The van der Waals surface area contributed by atoms with E-state index in [0.29, 0.717) is 31.6 Å². The van der Waals surface area contributed by atoms with E-state index < -0.39 is 23.9 Å². The number of aliphatic hydroxyl groups excluding tert-OH is 1. The number of allylic oxidation sites excluding steroid dienone is 1. The van der Waals surface area contributed by atoms with E-state index in [0.717, 1.165) is 25.3 Å². The minimum Gasteiger partial charge on any atom is -0.508 e. The number of phenols is 2. The number of oxime groups is 1. The number of cyclic esters (lactones) is 1. The van der Waals surface area contributed by atoms with Crippen LogP contribution in [-0.2, 0) is 20.8 Å². The fourth-order valence-electron chi connectivity index (χ4n) is 3.91. The zero-order chi connectivity index (χ0) is 24.5. The summed E-state index contributed by atoms with van der Waals surface area (Å²) in [4.78, 5) is 32.2. The van der Waals surface area contributed by atoms with Gasteiger partial charge in [-0.15, -0.1) is 0 Å². The summed E-state index contributed by atoms with van der Waals surface area (Å²) in [6.45, 7) is 2.89. The minimum atomic E-state index is -0.740. The van der Waals surface area contributed by atoms with Gasteiger partial charge < -0.3 is 29.8 Å². The lowest BCUT2D eigenvalue weighted by Crippen LogP contribution is -2.37. The van der Waals surface area contributed by atoms with Crippen molar-refractivity contribution >= 4 is 17.6 Å².